The summed E-state index contributed by atoms with van der Waals surface area (Å²) >= 11 is 0. The first-order chi connectivity index (χ1) is 9.13. The number of nitrogens with zero attached hydrogens (tertiary/aromatic N) is 1. The number of aryl methyl sites for hydroxylation is 1. The quantitative estimate of drug-likeness (QED) is 0.728. The molecule has 0 aromatic carbocycles. The van der Waals surface area contributed by atoms with Crippen molar-refractivity contribution in [1.29, 1.82) is 0 Å². The first kappa shape index (κ1) is 17.0. The molecule has 0 aliphatic carbocycles. The van der Waals surface area contributed by atoms with E-state index in [0.29, 0.717) is 5.76 Å². The molecule has 0 aliphatic heterocycles. The predicted molar refractivity (Wildman–Crippen MR) is 87.0 cm³/mol. The minimum atomic E-state index is -1.11. The van der Waals surface area contributed by atoms with Crippen LogP contribution in [-0.4, -0.2) is 31.0 Å². The summed E-state index contributed by atoms with van der Waals surface area (Å²) in [4.78, 5) is 14.6. The highest BCUT2D eigenvalue weighted by Gasteiger charge is 2.26. The van der Waals surface area contributed by atoms with Crippen molar-refractivity contribution in [3.63, 3.8) is 0 Å². The van der Waals surface area contributed by atoms with Crippen LogP contribution in [0.1, 0.15) is 43.8 Å². The third-order valence-corrected chi connectivity index (χ3v) is 5.18. The third-order valence-electron chi connectivity index (χ3n) is 3.43. The molecular formula is C16H29NO2Si. The van der Waals surface area contributed by atoms with Gasteiger partial charge in [0.1, 0.15) is 0 Å². The average Bonchev–Trinajstić information content (AvgIpc) is 2.72. The standard InChI is InChI=1S/C16H29NO2Si/c1-12(2)17(13(3)4)16(18)15-14(8-10-19-15)9-11-20(5,6)7/h8,10,12-13H,9,11H2,1-7H3. The number of carbonyl (C=O) groups is 1. The minimum Gasteiger partial charge on any atom is -0.459 e. The Bertz CT molecular complexity index is 436. The molecule has 3 nitrogen and oxygen atoms in total. The van der Waals surface area contributed by atoms with Gasteiger partial charge in [0.15, 0.2) is 5.76 Å². The fourth-order valence-corrected chi connectivity index (χ4v) is 3.43. The number of amides is 1. The minimum absolute atomic E-state index is 0.0191. The molecule has 0 bridgehead atoms. The molecule has 114 valence electrons. The summed E-state index contributed by atoms with van der Waals surface area (Å²) in [6.07, 6.45) is 2.59. The maximum absolute atomic E-state index is 12.7. The zero-order chi connectivity index (χ0) is 15.5. The molecule has 0 aliphatic rings. The number of carbonyl (C=O) groups excluding carboxylic acids is 1. The van der Waals surface area contributed by atoms with Crippen LogP contribution in [0.5, 0.6) is 0 Å². The highest BCUT2D eigenvalue weighted by Crippen LogP contribution is 2.21. The molecule has 1 rings (SSSR count). The van der Waals surface area contributed by atoms with Crippen LogP contribution >= 0.6 is 0 Å². The van der Waals surface area contributed by atoms with Crippen molar-refractivity contribution in [1.82, 2.24) is 4.90 Å². The second-order valence-corrected chi connectivity index (χ2v) is 12.9. The molecule has 1 amide bonds. The molecule has 20 heavy (non-hydrogen) atoms. The molecule has 0 N–H and O–H groups in total. The Kier molecular flexibility index (Phi) is 5.63. The van der Waals surface area contributed by atoms with Gasteiger partial charge in [-0.05, 0) is 40.2 Å². The third kappa shape index (κ3) is 4.51. The van der Waals surface area contributed by atoms with E-state index in [1.165, 1.54) is 6.04 Å². The molecule has 0 spiro atoms. The van der Waals surface area contributed by atoms with Gasteiger partial charge in [-0.1, -0.05) is 25.7 Å². The van der Waals surface area contributed by atoms with Crippen LogP contribution in [-0.2, 0) is 6.42 Å². The van der Waals surface area contributed by atoms with Gasteiger partial charge in [0.05, 0.1) is 6.26 Å². The van der Waals surface area contributed by atoms with Crippen molar-refractivity contribution in [3.8, 4) is 0 Å². The molecule has 4 heteroatoms. The maximum Gasteiger partial charge on any atom is 0.290 e. The lowest BCUT2D eigenvalue weighted by atomic mass is 10.1. The van der Waals surface area contributed by atoms with Crippen molar-refractivity contribution < 1.29 is 9.21 Å². The monoisotopic (exact) mass is 295 g/mol. The Hall–Kier alpha value is -1.03. The smallest absolute Gasteiger partial charge is 0.290 e. The van der Waals surface area contributed by atoms with Crippen LogP contribution in [0.3, 0.4) is 0 Å². The SMILES string of the molecule is CC(C)N(C(=O)c1occc1CC[Si](C)(C)C)C(C)C. The van der Waals surface area contributed by atoms with Gasteiger partial charge in [-0.3, -0.25) is 4.79 Å². The molecule has 0 saturated heterocycles. The van der Waals surface area contributed by atoms with Crippen LogP contribution < -0.4 is 0 Å². The number of rotatable bonds is 6. The van der Waals surface area contributed by atoms with Crippen LogP contribution in [0.2, 0.25) is 25.7 Å². The lowest BCUT2D eigenvalue weighted by molar-refractivity contribution is 0.0609. The van der Waals surface area contributed by atoms with E-state index in [1.807, 2.05) is 38.7 Å². The Morgan fingerprint density at radius 3 is 2.20 bits per heavy atom. The predicted octanol–water partition coefficient (Wildman–Crippen LogP) is 4.42. The number of hydrogen-bond donors (Lipinski definition) is 0. The molecule has 0 saturated carbocycles. The highest BCUT2D eigenvalue weighted by molar-refractivity contribution is 6.76. The van der Waals surface area contributed by atoms with Gasteiger partial charge in [-0.25, -0.2) is 0 Å². The van der Waals surface area contributed by atoms with Crippen LogP contribution in [0.4, 0.5) is 0 Å². The highest BCUT2D eigenvalue weighted by atomic mass is 28.3. The summed E-state index contributed by atoms with van der Waals surface area (Å²) in [6, 6.07) is 3.48. The second kappa shape index (κ2) is 6.61. The van der Waals surface area contributed by atoms with E-state index in [-0.39, 0.29) is 18.0 Å². The summed E-state index contributed by atoms with van der Waals surface area (Å²) in [5, 5.41) is 0. The van der Waals surface area contributed by atoms with Gasteiger partial charge in [0.25, 0.3) is 5.91 Å². The van der Waals surface area contributed by atoms with E-state index >= 15 is 0 Å². The largest absolute Gasteiger partial charge is 0.459 e. The summed E-state index contributed by atoms with van der Waals surface area (Å²) < 4.78 is 5.50. The molecule has 0 unspecified atom stereocenters. The first-order valence-electron chi connectivity index (χ1n) is 7.52. The molecular weight excluding hydrogens is 266 g/mol. The van der Waals surface area contributed by atoms with Crippen molar-refractivity contribution in [2.75, 3.05) is 0 Å². The molecule has 1 aromatic rings. The fraction of sp³-hybridized carbons (Fsp3) is 0.688. The molecule has 0 atom stereocenters. The molecule has 0 fully saturated rings. The van der Waals surface area contributed by atoms with E-state index in [9.17, 15) is 4.79 Å². The van der Waals surface area contributed by atoms with Crippen LogP contribution in [0.25, 0.3) is 0 Å². The summed E-state index contributed by atoms with van der Waals surface area (Å²) in [7, 11) is -1.11. The Balaban J connectivity index is 2.91. The Morgan fingerprint density at radius 2 is 1.75 bits per heavy atom. The first-order valence-corrected chi connectivity index (χ1v) is 11.2. The Labute approximate surface area is 124 Å². The summed E-state index contributed by atoms with van der Waals surface area (Å²) in [5.41, 5.74) is 1.06. The summed E-state index contributed by atoms with van der Waals surface area (Å²) in [5.74, 6) is 0.552. The van der Waals surface area contributed by atoms with E-state index in [2.05, 4.69) is 19.6 Å². The van der Waals surface area contributed by atoms with Crippen molar-refractivity contribution in [2.24, 2.45) is 0 Å². The zero-order valence-electron chi connectivity index (χ0n) is 14.0. The van der Waals surface area contributed by atoms with E-state index in [4.69, 9.17) is 4.42 Å². The number of hydrogen-bond acceptors (Lipinski definition) is 2. The topological polar surface area (TPSA) is 33.5 Å². The molecule has 0 radical (unpaired) electrons. The average molecular weight is 295 g/mol. The van der Waals surface area contributed by atoms with E-state index < -0.39 is 8.07 Å². The number of furan rings is 1. The second-order valence-electron chi connectivity index (χ2n) is 7.24. The maximum atomic E-state index is 12.7. The van der Waals surface area contributed by atoms with Crippen molar-refractivity contribution in [2.45, 2.75) is 71.9 Å². The lowest BCUT2D eigenvalue weighted by Gasteiger charge is -2.30. The van der Waals surface area contributed by atoms with Gasteiger partial charge in [0, 0.05) is 25.7 Å². The van der Waals surface area contributed by atoms with Gasteiger partial charge in [-0.2, -0.15) is 0 Å². The normalized spacial score (nSPS) is 12.2. The van der Waals surface area contributed by atoms with E-state index in [1.54, 1.807) is 6.26 Å². The van der Waals surface area contributed by atoms with Crippen molar-refractivity contribution in [3.05, 3.63) is 23.7 Å². The van der Waals surface area contributed by atoms with Crippen LogP contribution in [0, 0.1) is 0 Å². The Morgan fingerprint density at radius 1 is 1.20 bits per heavy atom. The summed E-state index contributed by atoms with van der Waals surface area (Å²) in [6.45, 7) is 15.2. The van der Waals surface area contributed by atoms with Crippen molar-refractivity contribution >= 4 is 14.0 Å². The van der Waals surface area contributed by atoms with Gasteiger partial charge < -0.3 is 9.32 Å². The van der Waals surface area contributed by atoms with Gasteiger partial charge >= 0.3 is 0 Å². The fourth-order valence-electron chi connectivity index (χ4n) is 2.41. The zero-order valence-corrected chi connectivity index (χ0v) is 15.0. The van der Waals surface area contributed by atoms with E-state index in [0.717, 1.165) is 12.0 Å². The van der Waals surface area contributed by atoms with Gasteiger partial charge in [-0.15, -0.1) is 0 Å². The molecule has 1 aromatic heterocycles. The molecule has 1 heterocycles. The lowest BCUT2D eigenvalue weighted by Crippen LogP contribution is -2.42. The van der Waals surface area contributed by atoms with Crippen LogP contribution in [0.15, 0.2) is 16.7 Å². The van der Waals surface area contributed by atoms with Gasteiger partial charge in [0.2, 0.25) is 0 Å².